The second kappa shape index (κ2) is 9.97. The van der Waals surface area contributed by atoms with Gasteiger partial charge in [-0.05, 0) is 51.1 Å². The largest absolute Gasteiger partial charge is 0.508 e. The molecule has 2 aromatic carbocycles. The molecule has 1 N–H and O–H groups in total. The summed E-state index contributed by atoms with van der Waals surface area (Å²) in [6.07, 6.45) is 2.35. The zero-order chi connectivity index (χ0) is 18.9. The van der Waals surface area contributed by atoms with E-state index in [9.17, 15) is 9.90 Å². The molecular formula is C22H30N2O2. The van der Waals surface area contributed by atoms with Crippen LogP contribution in [0.2, 0.25) is 0 Å². The molecular weight excluding hydrogens is 324 g/mol. The van der Waals surface area contributed by atoms with Gasteiger partial charge in [0.05, 0.1) is 0 Å². The zero-order valence-electron chi connectivity index (χ0n) is 16.1. The number of hydrogen-bond donors (Lipinski definition) is 1. The first-order valence-corrected chi connectivity index (χ1v) is 9.34. The molecule has 0 radical (unpaired) electrons. The van der Waals surface area contributed by atoms with Crippen molar-refractivity contribution in [3.05, 3.63) is 60.2 Å². The van der Waals surface area contributed by atoms with Crippen LogP contribution in [0.4, 0.5) is 5.69 Å². The van der Waals surface area contributed by atoms with Crippen LogP contribution in [0.15, 0.2) is 54.6 Å². The fourth-order valence-electron chi connectivity index (χ4n) is 3.07. The molecule has 26 heavy (non-hydrogen) atoms. The Balaban J connectivity index is 1.92. The fourth-order valence-corrected chi connectivity index (χ4v) is 3.07. The minimum Gasteiger partial charge on any atom is -0.508 e. The minimum absolute atomic E-state index is 0.0726. The van der Waals surface area contributed by atoms with Gasteiger partial charge in [-0.15, -0.1) is 0 Å². The highest BCUT2D eigenvalue weighted by Crippen LogP contribution is 2.24. The van der Waals surface area contributed by atoms with Crippen molar-refractivity contribution in [2.45, 2.75) is 39.2 Å². The third-order valence-electron chi connectivity index (χ3n) is 4.67. The SMILES string of the molecule is CCC(=O)N(c1cccc(O)c1)[C@@H](C)CCN(C)CCc1ccccc1. The van der Waals surface area contributed by atoms with E-state index < -0.39 is 0 Å². The molecule has 140 valence electrons. The van der Waals surface area contributed by atoms with E-state index in [1.807, 2.05) is 24.0 Å². The molecule has 0 saturated carbocycles. The van der Waals surface area contributed by atoms with Crippen molar-refractivity contribution in [3.8, 4) is 5.75 Å². The Kier molecular flexibility index (Phi) is 7.67. The van der Waals surface area contributed by atoms with Crippen molar-refractivity contribution in [3.63, 3.8) is 0 Å². The first-order chi connectivity index (χ1) is 12.5. The summed E-state index contributed by atoms with van der Waals surface area (Å²) >= 11 is 0. The second-order valence-corrected chi connectivity index (χ2v) is 6.81. The predicted octanol–water partition coefficient (Wildman–Crippen LogP) is 4.09. The number of carbonyl (C=O) groups excluding carboxylic acids is 1. The van der Waals surface area contributed by atoms with Gasteiger partial charge in [-0.2, -0.15) is 0 Å². The Morgan fingerprint density at radius 1 is 1.08 bits per heavy atom. The van der Waals surface area contributed by atoms with E-state index >= 15 is 0 Å². The topological polar surface area (TPSA) is 43.8 Å². The third-order valence-corrected chi connectivity index (χ3v) is 4.67. The van der Waals surface area contributed by atoms with Crippen LogP contribution >= 0.6 is 0 Å². The van der Waals surface area contributed by atoms with E-state index in [0.717, 1.165) is 31.6 Å². The van der Waals surface area contributed by atoms with E-state index in [-0.39, 0.29) is 17.7 Å². The maximum Gasteiger partial charge on any atom is 0.226 e. The standard InChI is InChI=1S/C22H30N2O2/c1-4-22(26)24(20-11-8-12-21(25)17-20)18(2)13-15-23(3)16-14-19-9-6-5-7-10-19/h5-12,17-18,25H,4,13-16H2,1-3H3/t18-/m0/s1. The molecule has 4 heteroatoms. The molecule has 0 spiro atoms. The van der Waals surface area contributed by atoms with Crippen molar-refractivity contribution in [2.75, 3.05) is 25.0 Å². The van der Waals surface area contributed by atoms with Gasteiger partial charge < -0.3 is 14.9 Å². The number of rotatable bonds is 9. The van der Waals surface area contributed by atoms with Crippen LogP contribution in [-0.2, 0) is 11.2 Å². The number of phenols is 1. The average Bonchev–Trinajstić information content (AvgIpc) is 2.65. The molecule has 0 unspecified atom stereocenters. The lowest BCUT2D eigenvalue weighted by Crippen LogP contribution is -2.40. The summed E-state index contributed by atoms with van der Waals surface area (Å²) in [5.74, 6) is 0.263. The fraction of sp³-hybridized carbons (Fsp3) is 0.409. The minimum atomic E-state index is 0.0726. The van der Waals surface area contributed by atoms with E-state index in [0.29, 0.717) is 6.42 Å². The van der Waals surface area contributed by atoms with Crippen LogP contribution < -0.4 is 4.90 Å². The second-order valence-electron chi connectivity index (χ2n) is 6.81. The van der Waals surface area contributed by atoms with E-state index in [4.69, 9.17) is 0 Å². The number of phenolic OH excluding ortho intramolecular Hbond substituents is 1. The van der Waals surface area contributed by atoms with Gasteiger partial charge in [0, 0.05) is 30.8 Å². The molecule has 0 aliphatic rings. The first-order valence-electron chi connectivity index (χ1n) is 9.34. The van der Waals surface area contributed by atoms with Gasteiger partial charge >= 0.3 is 0 Å². The summed E-state index contributed by atoms with van der Waals surface area (Å²) in [7, 11) is 2.12. The van der Waals surface area contributed by atoms with Crippen LogP contribution in [0.1, 0.15) is 32.3 Å². The first kappa shape index (κ1) is 20.0. The van der Waals surface area contributed by atoms with Gasteiger partial charge in [-0.25, -0.2) is 0 Å². The molecule has 4 nitrogen and oxygen atoms in total. The molecule has 0 saturated heterocycles. The molecule has 2 aromatic rings. The number of amides is 1. The summed E-state index contributed by atoms with van der Waals surface area (Å²) in [6.45, 7) is 5.85. The van der Waals surface area contributed by atoms with E-state index in [1.54, 1.807) is 18.2 Å². The lowest BCUT2D eigenvalue weighted by atomic mass is 10.1. The Hall–Kier alpha value is -2.33. The van der Waals surface area contributed by atoms with Gasteiger partial charge in [0.2, 0.25) is 5.91 Å². The molecule has 0 aliphatic carbocycles. The molecule has 0 aromatic heterocycles. The normalized spacial score (nSPS) is 12.2. The number of benzene rings is 2. The lowest BCUT2D eigenvalue weighted by molar-refractivity contribution is -0.118. The molecule has 0 aliphatic heterocycles. The summed E-state index contributed by atoms with van der Waals surface area (Å²) in [5, 5.41) is 9.75. The number of carbonyl (C=O) groups is 1. The number of anilines is 1. The number of likely N-dealkylation sites (N-methyl/N-ethyl adjacent to an activating group) is 1. The van der Waals surface area contributed by atoms with Crippen LogP contribution in [-0.4, -0.2) is 42.1 Å². The molecule has 0 bridgehead atoms. The summed E-state index contributed by atoms with van der Waals surface area (Å²) in [6, 6.07) is 17.5. The maximum absolute atomic E-state index is 12.5. The van der Waals surface area contributed by atoms with Crippen LogP contribution in [0, 0.1) is 0 Å². The average molecular weight is 354 g/mol. The van der Waals surface area contributed by atoms with Gasteiger partial charge in [0.25, 0.3) is 0 Å². The van der Waals surface area contributed by atoms with E-state index in [1.165, 1.54) is 5.56 Å². The van der Waals surface area contributed by atoms with Crippen molar-refractivity contribution >= 4 is 11.6 Å². The van der Waals surface area contributed by atoms with Crippen LogP contribution in [0.5, 0.6) is 5.75 Å². The van der Waals surface area contributed by atoms with Gasteiger partial charge in [-0.3, -0.25) is 4.79 Å². The maximum atomic E-state index is 12.5. The Labute approximate surface area is 157 Å². The smallest absolute Gasteiger partial charge is 0.226 e. The van der Waals surface area contributed by atoms with Crippen molar-refractivity contribution < 1.29 is 9.90 Å². The number of nitrogens with zero attached hydrogens (tertiary/aromatic N) is 2. The highest BCUT2D eigenvalue weighted by molar-refractivity contribution is 5.93. The Morgan fingerprint density at radius 2 is 1.81 bits per heavy atom. The van der Waals surface area contributed by atoms with Crippen molar-refractivity contribution in [1.29, 1.82) is 0 Å². The van der Waals surface area contributed by atoms with Crippen molar-refractivity contribution in [1.82, 2.24) is 4.90 Å². The molecule has 1 atom stereocenters. The highest BCUT2D eigenvalue weighted by Gasteiger charge is 2.21. The zero-order valence-corrected chi connectivity index (χ0v) is 16.1. The lowest BCUT2D eigenvalue weighted by Gasteiger charge is -2.30. The van der Waals surface area contributed by atoms with Gasteiger partial charge in [0.15, 0.2) is 0 Å². The quantitative estimate of drug-likeness (QED) is 0.738. The molecule has 2 rings (SSSR count). The summed E-state index contributed by atoms with van der Waals surface area (Å²) in [4.78, 5) is 16.6. The van der Waals surface area contributed by atoms with E-state index in [2.05, 4.69) is 43.1 Å². The monoisotopic (exact) mass is 354 g/mol. The van der Waals surface area contributed by atoms with Gasteiger partial charge in [0.1, 0.15) is 5.75 Å². The van der Waals surface area contributed by atoms with Crippen LogP contribution in [0.3, 0.4) is 0 Å². The number of aromatic hydroxyl groups is 1. The van der Waals surface area contributed by atoms with Crippen molar-refractivity contribution in [2.24, 2.45) is 0 Å². The molecule has 1 amide bonds. The molecule has 0 heterocycles. The summed E-state index contributed by atoms with van der Waals surface area (Å²) < 4.78 is 0. The Morgan fingerprint density at radius 3 is 2.46 bits per heavy atom. The third kappa shape index (κ3) is 5.88. The highest BCUT2D eigenvalue weighted by atomic mass is 16.3. The summed E-state index contributed by atoms with van der Waals surface area (Å²) in [5.41, 5.74) is 2.10. The molecule has 0 fully saturated rings. The number of hydrogen-bond acceptors (Lipinski definition) is 3. The Bertz CT molecular complexity index is 688. The van der Waals surface area contributed by atoms with Gasteiger partial charge in [-0.1, -0.05) is 43.3 Å². The van der Waals surface area contributed by atoms with Crippen LogP contribution in [0.25, 0.3) is 0 Å². The predicted molar refractivity (Wildman–Crippen MR) is 108 cm³/mol.